The van der Waals surface area contributed by atoms with Crippen LogP contribution in [0.25, 0.3) is 0 Å². The average Bonchev–Trinajstić information content (AvgIpc) is 2.45. The van der Waals surface area contributed by atoms with Crippen molar-refractivity contribution < 1.29 is 13.2 Å². The topological polar surface area (TPSA) is 78.5 Å². The lowest BCUT2D eigenvalue weighted by Gasteiger charge is -2.27. The summed E-state index contributed by atoms with van der Waals surface area (Å²) in [7, 11) is -3.57. The number of nitrogens with one attached hydrogen (secondary N) is 2. The quantitative estimate of drug-likeness (QED) is 0.862. The normalized spacial score (nSPS) is 16.6. The Balaban J connectivity index is 2.14. The van der Waals surface area contributed by atoms with Gasteiger partial charge >= 0.3 is 0 Å². The van der Waals surface area contributed by atoms with Crippen molar-refractivity contribution in [2.24, 2.45) is 0 Å². The molecule has 1 aromatic carbocycles. The molecule has 1 aliphatic heterocycles. The van der Waals surface area contributed by atoms with Gasteiger partial charge in [0.25, 0.3) is 5.91 Å². The highest BCUT2D eigenvalue weighted by molar-refractivity contribution is 7.89. The van der Waals surface area contributed by atoms with E-state index in [9.17, 15) is 13.2 Å². The number of nitrogens with zero attached hydrogens (tertiary/aromatic N) is 1. The molecule has 6 nitrogen and oxygen atoms in total. The fourth-order valence-electron chi connectivity index (χ4n) is 2.29. The number of rotatable bonds is 3. The van der Waals surface area contributed by atoms with Gasteiger partial charge in [0, 0.05) is 37.3 Å². The first-order chi connectivity index (χ1) is 10.2. The van der Waals surface area contributed by atoms with Crippen LogP contribution in [0.5, 0.6) is 0 Å². The summed E-state index contributed by atoms with van der Waals surface area (Å²) in [6.07, 6.45) is 0. The molecule has 0 spiro atoms. The Morgan fingerprint density at radius 1 is 1.14 bits per heavy atom. The van der Waals surface area contributed by atoms with Crippen LogP contribution in [0.3, 0.4) is 0 Å². The Bertz CT molecular complexity index is 627. The molecule has 0 saturated carbocycles. The number of carbonyl (C=O) groups excluding carboxylic acids is 1. The average molecular weight is 325 g/mol. The maximum Gasteiger partial charge on any atom is 0.253 e. The number of carbonyl (C=O) groups is 1. The van der Waals surface area contributed by atoms with Gasteiger partial charge < -0.3 is 10.2 Å². The molecular weight excluding hydrogens is 302 g/mol. The Hall–Kier alpha value is -1.44. The zero-order chi connectivity index (χ0) is 16.4. The van der Waals surface area contributed by atoms with E-state index < -0.39 is 15.6 Å². The zero-order valence-corrected chi connectivity index (χ0v) is 14.0. The largest absolute Gasteiger partial charge is 0.336 e. The third kappa shape index (κ3) is 4.28. The van der Waals surface area contributed by atoms with E-state index in [1.54, 1.807) is 37.8 Å². The molecule has 2 rings (SSSR count). The molecule has 1 fully saturated rings. The van der Waals surface area contributed by atoms with Crippen molar-refractivity contribution in [3.63, 3.8) is 0 Å². The molecule has 0 unspecified atom stereocenters. The molecular formula is C15H23N3O3S. The molecule has 1 aromatic rings. The summed E-state index contributed by atoms with van der Waals surface area (Å²) in [6.45, 7) is 8.27. The lowest BCUT2D eigenvalue weighted by atomic mass is 10.1. The molecule has 1 aliphatic rings. The van der Waals surface area contributed by atoms with Gasteiger partial charge in [0.05, 0.1) is 4.90 Å². The van der Waals surface area contributed by atoms with E-state index >= 15 is 0 Å². The summed E-state index contributed by atoms with van der Waals surface area (Å²) >= 11 is 0. The number of piperazine rings is 1. The van der Waals surface area contributed by atoms with Crippen molar-refractivity contribution in [2.45, 2.75) is 31.2 Å². The van der Waals surface area contributed by atoms with Crippen LogP contribution in [0.4, 0.5) is 0 Å². The van der Waals surface area contributed by atoms with E-state index in [1.807, 2.05) is 0 Å². The summed E-state index contributed by atoms with van der Waals surface area (Å²) in [4.78, 5) is 14.3. The Morgan fingerprint density at radius 3 is 2.18 bits per heavy atom. The van der Waals surface area contributed by atoms with Crippen LogP contribution in [0, 0.1) is 0 Å². The standard InChI is InChI=1S/C15H23N3O3S/c1-15(2,3)17-22(20,21)13-6-4-12(5-7-13)14(19)18-10-8-16-9-11-18/h4-7,16-17H,8-11H2,1-3H3. The summed E-state index contributed by atoms with van der Waals surface area (Å²) in [5.41, 5.74) is -0.0367. The maximum atomic E-state index is 12.3. The predicted molar refractivity (Wildman–Crippen MR) is 85.3 cm³/mol. The van der Waals surface area contributed by atoms with Crippen LogP contribution < -0.4 is 10.0 Å². The number of hydrogen-bond acceptors (Lipinski definition) is 4. The first kappa shape index (κ1) is 16.9. The Labute approximate surface area is 131 Å². The molecule has 0 aromatic heterocycles. The minimum atomic E-state index is -3.57. The van der Waals surface area contributed by atoms with Gasteiger partial charge in [0.1, 0.15) is 0 Å². The second-order valence-electron chi connectivity index (χ2n) is 6.42. The van der Waals surface area contributed by atoms with E-state index in [-0.39, 0.29) is 10.8 Å². The third-order valence-electron chi connectivity index (χ3n) is 3.26. The van der Waals surface area contributed by atoms with Crippen LogP contribution in [0.1, 0.15) is 31.1 Å². The van der Waals surface area contributed by atoms with E-state index in [2.05, 4.69) is 10.0 Å². The molecule has 22 heavy (non-hydrogen) atoms. The molecule has 1 amide bonds. The zero-order valence-electron chi connectivity index (χ0n) is 13.2. The predicted octanol–water partition coefficient (Wildman–Crippen LogP) is 0.809. The molecule has 122 valence electrons. The van der Waals surface area contributed by atoms with Gasteiger partial charge in [-0.15, -0.1) is 0 Å². The highest BCUT2D eigenvalue weighted by atomic mass is 32.2. The van der Waals surface area contributed by atoms with Crippen LogP contribution in [-0.4, -0.2) is 50.9 Å². The lowest BCUT2D eigenvalue weighted by Crippen LogP contribution is -2.46. The van der Waals surface area contributed by atoms with Crippen LogP contribution in [0.2, 0.25) is 0 Å². The van der Waals surface area contributed by atoms with Crippen molar-refractivity contribution in [3.05, 3.63) is 29.8 Å². The van der Waals surface area contributed by atoms with E-state index in [4.69, 9.17) is 0 Å². The lowest BCUT2D eigenvalue weighted by molar-refractivity contribution is 0.0735. The molecule has 1 saturated heterocycles. The molecule has 1 heterocycles. The van der Waals surface area contributed by atoms with Crippen molar-refractivity contribution in [1.29, 1.82) is 0 Å². The second-order valence-corrected chi connectivity index (χ2v) is 8.10. The van der Waals surface area contributed by atoms with Crippen LogP contribution in [0.15, 0.2) is 29.2 Å². The van der Waals surface area contributed by atoms with Crippen molar-refractivity contribution in [3.8, 4) is 0 Å². The molecule has 0 bridgehead atoms. The SMILES string of the molecule is CC(C)(C)NS(=O)(=O)c1ccc(C(=O)N2CCNCC2)cc1. The molecule has 2 N–H and O–H groups in total. The molecule has 7 heteroatoms. The third-order valence-corrected chi connectivity index (χ3v) is 5.03. The Morgan fingerprint density at radius 2 is 1.68 bits per heavy atom. The number of amides is 1. The fraction of sp³-hybridized carbons (Fsp3) is 0.533. The molecule has 0 radical (unpaired) electrons. The summed E-state index contributed by atoms with van der Waals surface area (Å²) in [5.74, 6) is -0.0609. The first-order valence-electron chi connectivity index (χ1n) is 7.33. The van der Waals surface area contributed by atoms with Crippen LogP contribution >= 0.6 is 0 Å². The first-order valence-corrected chi connectivity index (χ1v) is 8.81. The van der Waals surface area contributed by atoms with E-state index in [0.717, 1.165) is 13.1 Å². The van der Waals surface area contributed by atoms with Crippen molar-refractivity contribution in [1.82, 2.24) is 14.9 Å². The second kappa shape index (κ2) is 6.36. The van der Waals surface area contributed by atoms with Gasteiger partial charge in [-0.3, -0.25) is 4.79 Å². The smallest absolute Gasteiger partial charge is 0.253 e. The van der Waals surface area contributed by atoms with Crippen LogP contribution in [-0.2, 0) is 10.0 Å². The highest BCUT2D eigenvalue weighted by Crippen LogP contribution is 2.15. The number of hydrogen-bond donors (Lipinski definition) is 2. The summed E-state index contributed by atoms with van der Waals surface area (Å²) in [6, 6.07) is 6.09. The van der Waals surface area contributed by atoms with Crippen molar-refractivity contribution in [2.75, 3.05) is 26.2 Å². The highest BCUT2D eigenvalue weighted by Gasteiger charge is 2.23. The van der Waals surface area contributed by atoms with Gasteiger partial charge in [-0.25, -0.2) is 13.1 Å². The summed E-state index contributed by atoms with van der Waals surface area (Å²) < 4.78 is 27.0. The maximum absolute atomic E-state index is 12.3. The minimum Gasteiger partial charge on any atom is -0.336 e. The monoisotopic (exact) mass is 325 g/mol. The van der Waals surface area contributed by atoms with E-state index in [1.165, 1.54) is 12.1 Å². The summed E-state index contributed by atoms with van der Waals surface area (Å²) in [5, 5.41) is 3.19. The minimum absolute atomic E-state index is 0.0609. The van der Waals surface area contributed by atoms with Gasteiger partial charge in [0.15, 0.2) is 0 Å². The fourth-order valence-corrected chi connectivity index (χ4v) is 3.71. The van der Waals surface area contributed by atoms with Gasteiger partial charge in [0.2, 0.25) is 10.0 Å². The van der Waals surface area contributed by atoms with Gasteiger partial charge in [-0.1, -0.05) is 0 Å². The number of benzene rings is 1. The van der Waals surface area contributed by atoms with Gasteiger partial charge in [-0.05, 0) is 45.0 Å². The van der Waals surface area contributed by atoms with Gasteiger partial charge in [-0.2, -0.15) is 0 Å². The van der Waals surface area contributed by atoms with Crippen molar-refractivity contribution >= 4 is 15.9 Å². The number of sulfonamides is 1. The molecule has 0 atom stereocenters. The van der Waals surface area contributed by atoms with E-state index in [0.29, 0.717) is 18.7 Å². The Kier molecular flexibility index (Phi) is 4.89. The molecule has 0 aliphatic carbocycles.